The summed E-state index contributed by atoms with van der Waals surface area (Å²) in [6, 6.07) is 14.2. The second-order valence-corrected chi connectivity index (χ2v) is 8.72. The molecule has 2 saturated heterocycles. The summed E-state index contributed by atoms with van der Waals surface area (Å²) >= 11 is 0. The number of nitrogens with zero attached hydrogens (tertiary/aromatic N) is 2. The van der Waals surface area contributed by atoms with E-state index in [1.54, 1.807) is 7.11 Å². The number of para-hydroxylation sites is 1. The first kappa shape index (κ1) is 20.6. The van der Waals surface area contributed by atoms with Gasteiger partial charge in [0, 0.05) is 31.5 Å². The molecule has 6 nitrogen and oxygen atoms in total. The van der Waals surface area contributed by atoms with Crippen LogP contribution in [0.3, 0.4) is 0 Å². The summed E-state index contributed by atoms with van der Waals surface area (Å²) in [5, 5.41) is 0. The number of methoxy groups -OCH3 is 1. The maximum atomic E-state index is 13.8. The van der Waals surface area contributed by atoms with E-state index in [1.807, 2.05) is 72.5 Å². The number of ketones is 1. The van der Waals surface area contributed by atoms with Crippen LogP contribution < -0.4 is 4.90 Å². The molecular weight excluding hydrogens is 404 g/mol. The molecule has 2 aromatic rings. The fraction of sp³-hybridized carbons (Fsp3) is 0.346. The summed E-state index contributed by atoms with van der Waals surface area (Å²) in [5.74, 6) is -1.81. The van der Waals surface area contributed by atoms with E-state index in [2.05, 4.69) is 0 Å². The van der Waals surface area contributed by atoms with Gasteiger partial charge in [0.25, 0.3) is 0 Å². The quantitative estimate of drug-likeness (QED) is 0.400. The van der Waals surface area contributed by atoms with Crippen LogP contribution in [0.5, 0.6) is 0 Å². The van der Waals surface area contributed by atoms with Gasteiger partial charge in [0.15, 0.2) is 5.78 Å². The largest absolute Gasteiger partial charge is 0.385 e. The van der Waals surface area contributed by atoms with Crippen molar-refractivity contribution >= 4 is 29.4 Å². The minimum atomic E-state index is -0.720. The molecule has 2 aromatic carbocycles. The molecule has 0 spiro atoms. The minimum absolute atomic E-state index is 0.118. The third kappa shape index (κ3) is 3.09. The average molecular weight is 431 g/mol. The molecule has 4 atom stereocenters. The van der Waals surface area contributed by atoms with Gasteiger partial charge in [-0.1, -0.05) is 60.2 Å². The number of imide groups is 1. The van der Waals surface area contributed by atoms with Crippen molar-refractivity contribution in [1.82, 2.24) is 4.90 Å². The summed E-state index contributed by atoms with van der Waals surface area (Å²) in [4.78, 5) is 44.1. The lowest BCUT2D eigenvalue weighted by atomic mass is 9.86. The van der Waals surface area contributed by atoms with Gasteiger partial charge in [0.1, 0.15) is 6.04 Å². The predicted octanol–water partition coefficient (Wildman–Crippen LogP) is 3.10. The Hall–Kier alpha value is -3.25. The predicted molar refractivity (Wildman–Crippen MR) is 121 cm³/mol. The Bertz CT molecular complexity index is 1110. The normalized spacial score (nSPS) is 25.7. The van der Waals surface area contributed by atoms with Gasteiger partial charge in [-0.3, -0.25) is 19.3 Å². The highest BCUT2D eigenvalue weighted by molar-refractivity contribution is 6.14. The highest BCUT2D eigenvalue weighted by Gasteiger charge is 2.63. The van der Waals surface area contributed by atoms with Crippen LogP contribution in [0.25, 0.3) is 6.08 Å². The second-order valence-electron chi connectivity index (χ2n) is 8.72. The molecule has 6 heteroatoms. The lowest BCUT2D eigenvalue weighted by Gasteiger charge is -2.36. The maximum Gasteiger partial charge on any atom is 0.235 e. The van der Waals surface area contributed by atoms with E-state index < -0.39 is 17.9 Å². The van der Waals surface area contributed by atoms with E-state index in [9.17, 15) is 14.4 Å². The van der Waals surface area contributed by atoms with Crippen molar-refractivity contribution in [3.05, 3.63) is 71.3 Å². The lowest BCUT2D eigenvalue weighted by molar-refractivity contribution is -0.140. The van der Waals surface area contributed by atoms with Gasteiger partial charge in [-0.25, -0.2) is 0 Å². The number of hydrogen-bond acceptors (Lipinski definition) is 5. The third-order valence-electron chi connectivity index (χ3n) is 6.84. The van der Waals surface area contributed by atoms with Crippen LogP contribution in [-0.2, 0) is 14.3 Å². The number of aryl methyl sites for hydroxylation is 1. The average Bonchev–Trinajstić information content (AvgIpc) is 3.28. The van der Waals surface area contributed by atoms with Gasteiger partial charge in [0.05, 0.1) is 17.9 Å². The Morgan fingerprint density at radius 1 is 1.00 bits per heavy atom. The molecular formula is C26H26N2O4. The molecule has 3 aliphatic heterocycles. The Morgan fingerprint density at radius 3 is 2.47 bits per heavy atom. The van der Waals surface area contributed by atoms with Crippen LogP contribution in [0.4, 0.5) is 5.69 Å². The number of carbonyl (C=O) groups is 3. The Morgan fingerprint density at radius 2 is 1.72 bits per heavy atom. The molecule has 0 saturated carbocycles. The molecule has 0 aromatic heterocycles. The van der Waals surface area contributed by atoms with Crippen molar-refractivity contribution in [2.75, 3.05) is 25.2 Å². The van der Waals surface area contributed by atoms with E-state index >= 15 is 0 Å². The number of hydrogen-bond donors (Lipinski definition) is 0. The molecule has 32 heavy (non-hydrogen) atoms. The number of anilines is 1. The number of carbonyl (C=O) groups excluding carboxylic acids is 3. The molecule has 0 N–H and O–H groups in total. The van der Waals surface area contributed by atoms with E-state index in [1.165, 1.54) is 4.90 Å². The number of amides is 2. The fourth-order valence-corrected chi connectivity index (χ4v) is 5.35. The topological polar surface area (TPSA) is 66.9 Å². The molecule has 3 aliphatic rings. The van der Waals surface area contributed by atoms with Gasteiger partial charge in [-0.05, 0) is 25.0 Å². The van der Waals surface area contributed by atoms with Crippen molar-refractivity contribution in [2.45, 2.75) is 25.4 Å². The van der Waals surface area contributed by atoms with Gasteiger partial charge in [-0.2, -0.15) is 0 Å². The SMILES string of the molecule is COCCCN1C(=O)[C@@H]2[C@H](C1=O)[C@H](C(=O)c1ccc(C)cc1)N1c3ccccc3C=C[C@H]21. The Kier molecular flexibility index (Phi) is 5.18. The van der Waals surface area contributed by atoms with Gasteiger partial charge in [0.2, 0.25) is 11.8 Å². The van der Waals surface area contributed by atoms with Gasteiger partial charge in [-0.15, -0.1) is 0 Å². The van der Waals surface area contributed by atoms with Crippen molar-refractivity contribution in [2.24, 2.45) is 11.8 Å². The van der Waals surface area contributed by atoms with E-state index in [-0.39, 0.29) is 23.6 Å². The summed E-state index contributed by atoms with van der Waals surface area (Å²) in [5.41, 5.74) is 3.50. The summed E-state index contributed by atoms with van der Waals surface area (Å²) < 4.78 is 5.10. The van der Waals surface area contributed by atoms with Crippen molar-refractivity contribution in [1.29, 1.82) is 0 Å². The number of Topliss-reactive ketones (excluding diaryl/α,β-unsaturated/α-hetero) is 1. The van der Waals surface area contributed by atoms with Crippen LogP contribution >= 0.6 is 0 Å². The summed E-state index contributed by atoms with van der Waals surface area (Å²) in [7, 11) is 1.60. The van der Waals surface area contributed by atoms with E-state index in [0.717, 1.165) is 16.8 Å². The van der Waals surface area contributed by atoms with Crippen LogP contribution in [0.1, 0.15) is 27.9 Å². The summed E-state index contributed by atoms with van der Waals surface area (Å²) in [6.07, 6.45) is 4.56. The molecule has 3 heterocycles. The molecule has 0 bridgehead atoms. The first-order valence-corrected chi connectivity index (χ1v) is 11.0. The van der Waals surface area contributed by atoms with Crippen LogP contribution in [-0.4, -0.2) is 54.8 Å². The van der Waals surface area contributed by atoms with E-state index in [4.69, 9.17) is 4.74 Å². The number of ether oxygens (including phenoxy) is 1. The first-order valence-electron chi connectivity index (χ1n) is 11.0. The first-order chi connectivity index (χ1) is 15.5. The third-order valence-corrected chi connectivity index (χ3v) is 6.84. The standard InChI is InChI=1S/C26H26N2O4/c1-16-8-10-18(11-9-16)24(29)23-22-21(25(30)27(26(22)31)14-5-15-32-2)20-13-12-17-6-3-4-7-19(17)28(20)23/h3-4,6-13,20-23H,5,14-15H2,1-2H3/t20-,21+,22+,23-/m1/s1. The van der Waals surface area contributed by atoms with Crippen LogP contribution in [0.2, 0.25) is 0 Å². The number of likely N-dealkylation sites (tertiary alicyclic amines) is 1. The molecule has 2 amide bonds. The molecule has 5 rings (SSSR count). The molecule has 0 aliphatic carbocycles. The number of benzene rings is 2. The zero-order valence-corrected chi connectivity index (χ0v) is 18.2. The highest BCUT2D eigenvalue weighted by Crippen LogP contribution is 2.49. The summed E-state index contributed by atoms with van der Waals surface area (Å²) in [6.45, 7) is 2.76. The van der Waals surface area contributed by atoms with Crippen molar-refractivity contribution < 1.29 is 19.1 Å². The zero-order chi connectivity index (χ0) is 22.4. The Labute approximate surface area is 187 Å². The van der Waals surface area contributed by atoms with Gasteiger partial charge < -0.3 is 9.64 Å². The smallest absolute Gasteiger partial charge is 0.235 e. The van der Waals surface area contributed by atoms with Crippen LogP contribution in [0.15, 0.2) is 54.6 Å². The molecule has 164 valence electrons. The number of rotatable bonds is 6. The number of fused-ring (bicyclic) bond motifs is 5. The van der Waals surface area contributed by atoms with E-state index in [0.29, 0.717) is 25.1 Å². The second kappa shape index (κ2) is 8.02. The minimum Gasteiger partial charge on any atom is -0.385 e. The zero-order valence-electron chi connectivity index (χ0n) is 18.2. The Balaban J connectivity index is 1.58. The molecule has 0 unspecified atom stereocenters. The monoisotopic (exact) mass is 430 g/mol. The fourth-order valence-electron chi connectivity index (χ4n) is 5.35. The lowest BCUT2D eigenvalue weighted by Crippen LogP contribution is -2.48. The molecule has 2 fully saturated rings. The molecule has 0 radical (unpaired) electrons. The highest BCUT2D eigenvalue weighted by atomic mass is 16.5. The van der Waals surface area contributed by atoms with Gasteiger partial charge >= 0.3 is 0 Å². The van der Waals surface area contributed by atoms with Crippen molar-refractivity contribution in [3.8, 4) is 0 Å². The van der Waals surface area contributed by atoms with Crippen LogP contribution in [0, 0.1) is 18.8 Å². The maximum absolute atomic E-state index is 13.8. The van der Waals surface area contributed by atoms with Crippen molar-refractivity contribution in [3.63, 3.8) is 0 Å².